The van der Waals surface area contributed by atoms with Crippen LogP contribution in [-0.2, 0) is 4.74 Å². The maximum atomic E-state index is 10.9. The molecule has 0 heterocycles. The molecule has 1 aromatic carbocycles. The van der Waals surface area contributed by atoms with Gasteiger partial charge in [0.25, 0.3) is 0 Å². The Labute approximate surface area is 113 Å². The summed E-state index contributed by atoms with van der Waals surface area (Å²) in [6, 6.07) is 4.88. The predicted molar refractivity (Wildman–Crippen MR) is 76.3 cm³/mol. The summed E-state index contributed by atoms with van der Waals surface area (Å²) >= 11 is 0. The van der Waals surface area contributed by atoms with Crippen LogP contribution in [0.25, 0.3) is 0 Å². The lowest BCUT2D eigenvalue weighted by molar-refractivity contribution is -0.383. The van der Waals surface area contributed by atoms with Crippen LogP contribution in [0.5, 0.6) is 0 Å². The van der Waals surface area contributed by atoms with Crippen molar-refractivity contribution >= 4 is 17.1 Å². The fourth-order valence-electron chi connectivity index (χ4n) is 1.65. The van der Waals surface area contributed by atoms with E-state index in [4.69, 9.17) is 10.5 Å². The summed E-state index contributed by atoms with van der Waals surface area (Å²) in [5.74, 6) is 0. The average molecular weight is 267 g/mol. The molecule has 0 aliphatic rings. The molecule has 0 saturated heterocycles. The molecule has 0 unspecified atom stereocenters. The van der Waals surface area contributed by atoms with Crippen molar-refractivity contribution in [2.75, 3.05) is 30.8 Å². The minimum Gasteiger partial charge on any atom is -0.393 e. The maximum absolute atomic E-state index is 10.9. The molecule has 0 bridgehead atoms. The second-order valence-corrected chi connectivity index (χ2v) is 4.25. The number of hydrogen-bond acceptors (Lipinski definition) is 5. The standard InChI is InChI=1S/C13H21N3O3/c1-2-3-9-19-10-5-8-15-12-7-4-6-11(14)13(12)16(17)18/h4,6-7,15H,2-3,5,8-10,14H2,1H3. The van der Waals surface area contributed by atoms with Gasteiger partial charge in [-0.2, -0.15) is 0 Å². The van der Waals surface area contributed by atoms with E-state index in [9.17, 15) is 10.1 Å². The molecule has 6 nitrogen and oxygen atoms in total. The molecule has 106 valence electrons. The van der Waals surface area contributed by atoms with E-state index < -0.39 is 4.92 Å². The van der Waals surface area contributed by atoms with E-state index in [1.807, 2.05) is 0 Å². The predicted octanol–water partition coefficient (Wildman–Crippen LogP) is 2.80. The van der Waals surface area contributed by atoms with Gasteiger partial charge in [-0.25, -0.2) is 0 Å². The van der Waals surface area contributed by atoms with Gasteiger partial charge in [-0.05, 0) is 25.0 Å². The van der Waals surface area contributed by atoms with Crippen molar-refractivity contribution in [3.63, 3.8) is 0 Å². The molecule has 0 atom stereocenters. The summed E-state index contributed by atoms with van der Waals surface area (Å²) < 4.78 is 5.41. The van der Waals surface area contributed by atoms with Crippen LogP contribution in [-0.4, -0.2) is 24.7 Å². The quantitative estimate of drug-likeness (QED) is 0.311. The van der Waals surface area contributed by atoms with Crippen LogP contribution in [0.4, 0.5) is 17.1 Å². The number of nitrogen functional groups attached to an aromatic ring is 1. The Bertz CT molecular complexity index is 410. The summed E-state index contributed by atoms with van der Waals surface area (Å²) in [5.41, 5.74) is 6.17. The van der Waals surface area contributed by atoms with E-state index in [-0.39, 0.29) is 11.4 Å². The molecule has 1 rings (SSSR count). The molecule has 0 spiro atoms. The molecular formula is C13H21N3O3. The number of rotatable bonds is 9. The number of unbranched alkanes of at least 4 members (excludes halogenated alkanes) is 1. The minimum atomic E-state index is -0.463. The molecule has 0 saturated carbocycles. The van der Waals surface area contributed by atoms with Crippen LogP contribution in [0, 0.1) is 10.1 Å². The summed E-state index contributed by atoms with van der Waals surface area (Å²) in [5, 5.41) is 13.9. The highest BCUT2D eigenvalue weighted by Crippen LogP contribution is 2.30. The lowest BCUT2D eigenvalue weighted by atomic mass is 10.2. The second kappa shape index (κ2) is 8.31. The van der Waals surface area contributed by atoms with Crippen LogP contribution in [0.15, 0.2) is 18.2 Å². The lowest BCUT2D eigenvalue weighted by Crippen LogP contribution is -2.08. The van der Waals surface area contributed by atoms with Crippen molar-refractivity contribution in [3.05, 3.63) is 28.3 Å². The molecule has 0 aromatic heterocycles. The number of nitrogens with two attached hydrogens (primary N) is 1. The molecule has 3 N–H and O–H groups in total. The number of hydrogen-bond donors (Lipinski definition) is 2. The number of para-hydroxylation sites is 1. The van der Waals surface area contributed by atoms with E-state index in [1.54, 1.807) is 12.1 Å². The second-order valence-electron chi connectivity index (χ2n) is 4.25. The largest absolute Gasteiger partial charge is 0.393 e. The van der Waals surface area contributed by atoms with Crippen molar-refractivity contribution in [1.29, 1.82) is 0 Å². The molecule has 6 heteroatoms. The zero-order valence-electron chi connectivity index (χ0n) is 11.2. The van der Waals surface area contributed by atoms with E-state index in [1.165, 1.54) is 6.07 Å². The van der Waals surface area contributed by atoms with Crippen LogP contribution < -0.4 is 11.1 Å². The monoisotopic (exact) mass is 267 g/mol. The Hall–Kier alpha value is -1.82. The highest BCUT2D eigenvalue weighted by molar-refractivity contribution is 5.74. The molecular weight excluding hydrogens is 246 g/mol. The van der Waals surface area contributed by atoms with Crippen LogP contribution in [0.1, 0.15) is 26.2 Å². The highest BCUT2D eigenvalue weighted by Gasteiger charge is 2.16. The van der Waals surface area contributed by atoms with Gasteiger partial charge in [-0.15, -0.1) is 0 Å². The van der Waals surface area contributed by atoms with Gasteiger partial charge >= 0.3 is 5.69 Å². The molecule has 19 heavy (non-hydrogen) atoms. The Kier molecular flexibility index (Phi) is 6.67. The molecule has 0 fully saturated rings. The van der Waals surface area contributed by atoms with Gasteiger partial charge in [0, 0.05) is 19.8 Å². The first kappa shape index (κ1) is 15.2. The Balaban J connectivity index is 2.37. The third kappa shape index (κ3) is 5.13. The van der Waals surface area contributed by atoms with Crippen molar-refractivity contribution in [2.24, 2.45) is 0 Å². The van der Waals surface area contributed by atoms with Crippen molar-refractivity contribution in [2.45, 2.75) is 26.2 Å². The van der Waals surface area contributed by atoms with Gasteiger partial charge in [-0.3, -0.25) is 10.1 Å². The fraction of sp³-hybridized carbons (Fsp3) is 0.538. The third-order valence-corrected chi connectivity index (χ3v) is 2.67. The van der Waals surface area contributed by atoms with Crippen molar-refractivity contribution < 1.29 is 9.66 Å². The highest BCUT2D eigenvalue weighted by atomic mass is 16.6. The number of benzene rings is 1. The van der Waals surface area contributed by atoms with E-state index in [2.05, 4.69) is 12.2 Å². The number of nitro benzene ring substituents is 1. The normalized spacial score (nSPS) is 10.4. The number of nitrogens with zero attached hydrogens (tertiary/aromatic N) is 1. The number of nitro groups is 1. The minimum absolute atomic E-state index is 0.0607. The Morgan fingerprint density at radius 3 is 2.79 bits per heavy atom. The lowest BCUT2D eigenvalue weighted by Gasteiger charge is -2.08. The molecule has 0 amide bonds. The summed E-state index contributed by atoms with van der Waals surface area (Å²) in [6.45, 7) is 4.16. The van der Waals surface area contributed by atoms with Gasteiger partial charge in [0.15, 0.2) is 0 Å². The number of anilines is 2. The van der Waals surface area contributed by atoms with Crippen LogP contribution in [0.3, 0.4) is 0 Å². The Morgan fingerprint density at radius 1 is 1.37 bits per heavy atom. The van der Waals surface area contributed by atoms with E-state index >= 15 is 0 Å². The van der Waals surface area contributed by atoms with Crippen molar-refractivity contribution in [3.8, 4) is 0 Å². The number of ether oxygens (including phenoxy) is 1. The topological polar surface area (TPSA) is 90.4 Å². The molecule has 1 aromatic rings. The Morgan fingerprint density at radius 2 is 2.11 bits per heavy atom. The SMILES string of the molecule is CCCCOCCCNc1cccc(N)c1[N+](=O)[O-]. The van der Waals surface area contributed by atoms with Gasteiger partial charge < -0.3 is 15.8 Å². The first-order chi connectivity index (χ1) is 9.16. The smallest absolute Gasteiger partial charge is 0.314 e. The third-order valence-electron chi connectivity index (χ3n) is 2.67. The van der Waals surface area contributed by atoms with Crippen LogP contribution in [0.2, 0.25) is 0 Å². The summed E-state index contributed by atoms with van der Waals surface area (Å²) in [4.78, 5) is 10.4. The van der Waals surface area contributed by atoms with E-state index in [0.717, 1.165) is 25.9 Å². The zero-order chi connectivity index (χ0) is 14.1. The molecule has 0 aliphatic heterocycles. The summed E-state index contributed by atoms with van der Waals surface area (Å²) in [6.07, 6.45) is 2.98. The molecule has 0 radical (unpaired) electrons. The number of nitrogens with one attached hydrogen (secondary N) is 1. The van der Waals surface area contributed by atoms with Gasteiger partial charge in [0.05, 0.1) is 4.92 Å². The van der Waals surface area contributed by atoms with Crippen LogP contribution >= 0.6 is 0 Å². The van der Waals surface area contributed by atoms with Crippen molar-refractivity contribution in [1.82, 2.24) is 0 Å². The molecule has 0 aliphatic carbocycles. The van der Waals surface area contributed by atoms with Gasteiger partial charge in [0.2, 0.25) is 0 Å². The van der Waals surface area contributed by atoms with Gasteiger partial charge in [-0.1, -0.05) is 19.4 Å². The maximum Gasteiger partial charge on any atom is 0.314 e. The fourth-order valence-corrected chi connectivity index (χ4v) is 1.65. The first-order valence-corrected chi connectivity index (χ1v) is 6.51. The summed E-state index contributed by atoms with van der Waals surface area (Å²) in [7, 11) is 0. The first-order valence-electron chi connectivity index (χ1n) is 6.51. The van der Waals surface area contributed by atoms with Gasteiger partial charge in [0.1, 0.15) is 11.4 Å². The zero-order valence-corrected chi connectivity index (χ0v) is 11.2. The average Bonchev–Trinajstić information content (AvgIpc) is 2.37. The van der Waals surface area contributed by atoms with E-state index in [0.29, 0.717) is 18.8 Å².